The third kappa shape index (κ3) is 2.87. The molecule has 0 aliphatic carbocycles. The maximum Gasteiger partial charge on any atom is 0.121 e. The number of anilines is 2. The van der Waals surface area contributed by atoms with E-state index in [0.29, 0.717) is 0 Å². The van der Waals surface area contributed by atoms with E-state index in [1.807, 2.05) is 24.3 Å². The Morgan fingerprint density at radius 3 is 2.70 bits per heavy atom. The van der Waals surface area contributed by atoms with Crippen LogP contribution in [0.1, 0.15) is 12.0 Å². The van der Waals surface area contributed by atoms with Crippen molar-refractivity contribution >= 4 is 11.4 Å². The van der Waals surface area contributed by atoms with Crippen molar-refractivity contribution in [3.63, 3.8) is 0 Å². The molecule has 3 rings (SSSR count). The molecule has 0 saturated carbocycles. The van der Waals surface area contributed by atoms with E-state index in [-0.39, 0.29) is 6.10 Å². The molecule has 2 aromatic rings. The van der Waals surface area contributed by atoms with Gasteiger partial charge in [0, 0.05) is 30.4 Å². The third-order valence-corrected chi connectivity index (χ3v) is 3.70. The van der Waals surface area contributed by atoms with Gasteiger partial charge in [0.05, 0.1) is 6.54 Å². The van der Waals surface area contributed by atoms with Crippen molar-refractivity contribution in [2.24, 2.45) is 0 Å². The second-order valence-electron chi connectivity index (χ2n) is 5.38. The lowest BCUT2D eigenvalue weighted by Gasteiger charge is -2.19. The molecule has 3 heteroatoms. The zero-order valence-corrected chi connectivity index (χ0v) is 11.8. The molecule has 0 amide bonds. The first kappa shape index (κ1) is 12.9. The van der Waals surface area contributed by atoms with Gasteiger partial charge in [0.15, 0.2) is 0 Å². The molecule has 0 spiro atoms. The van der Waals surface area contributed by atoms with E-state index in [1.54, 1.807) is 0 Å². The monoisotopic (exact) mass is 268 g/mol. The second-order valence-corrected chi connectivity index (χ2v) is 5.38. The molecule has 1 fully saturated rings. The standard InChI is InChI=1S/C17H20N2O/c1-13-5-7-15(8-6-13)19-10-9-17(12-19)20-16-4-2-3-14(18)11-16/h2-8,11,17H,9-10,12,18H2,1H3. The Morgan fingerprint density at radius 2 is 1.95 bits per heavy atom. The van der Waals surface area contributed by atoms with Gasteiger partial charge in [0.2, 0.25) is 0 Å². The van der Waals surface area contributed by atoms with E-state index in [9.17, 15) is 0 Å². The summed E-state index contributed by atoms with van der Waals surface area (Å²) in [5.74, 6) is 0.862. The number of hydrogen-bond donors (Lipinski definition) is 1. The fourth-order valence-electron chi connectivity index (χ4n) is 2.59. The molecule has 3 nitrogen and oxygen atoms in total. The minimum absolute atomic E-state index is 0.234. The Hall–Kier alpha value is -2.16. The topological polar surface area (TPSA) is 38.5 Å². The van der Waals surface area contributed by atoms with Crippen molar-refractivity contribution in [1.82, 2.24) is 0 Å². The Balaban J connectivity index is 1.63. The van der Waals surface area contributed by atoms with Crippen LogP contribution in [0.4, 0.5) is 11.4 Å². The Bertz CT molecular complexity index is 580. The molecular formula is C17H20N2O. The van der Waals surface area contributed by atoms with Crippen molar-refractivity contribution < 1.29 is 4.74 Å². The Morgan fingerprint density at radius 1 is 1.15 bits per heavy atom. The predicted molar refractivity (Wildman–Crippen MR) is 83.3 cm³/mol. The molecule has 1 atom stereocenters. The van der Waals surface area contributed by atoms with E-state index in [4.69, 9.17) is 10.5 Å². The van der Waals surface area contributed by atoms with E-state index < -0.39 is 0 Å². The summed E-state index contributed by atoms with van der Waals surface area (Å²) in [5, 5.41) is 0. The lowest BCUT2D eigenvalue weighted by Crippen LogP contribution is -2.24. The van der Waals surface area contributed by atoms with Crippen LogP contribution in [0.5, 0.6) is 5.75 Å². The highest BCUT2D eigenvalue weighted by Gasteiger charge is 2.24. The summed E-state index contributed by atoms with van der Waals surface area (Å²) in [5.41, 5.74) is 9.09. The van der Waals surface area contributed by atoms with Gasteiger partial charge in [0.1, 0.15) is 11.9 Å². The van der Waals surface area contributed by atoms with Gasteiger partial charge in [-0.1, -0.05) is 23.8 Å². The van der Waals surface area contributed by atoms with E-state index >= 15 is 0 Å². The van der Waals surface area contributed by atoms with Gasteiger partial charge in [0.25, 0.3) is 0 Å². The fourth-order valence-corrected chi connectivity index (χ4v) is 2.59. The minimum Gasteiger partial charge on any atom is -0.488 e. The van der Waals surface area contributed by atoms with Crippen molar-refractivity contribution in [3.8, 4) is 5.75 Å². The summed E-state index contributed by atoms with van der Waals surface area (Å²) >= 11 is 0. The molecule has 1 aliphatic rings. The number of nitrogens with zero attached hydrogens (tertiary/aromatic N) is 1. The van der Waals surface area contributed by atoms with Crippen molar-refractivity contribution in [2.75, 3.05) is 23.7 Å². The van der Waals surface area contributed by atoms with Crippen molar-refractivity contribution in [2.45, 2.75) is 19.4 Å². The third-order valence-electron chi connectivity index (χ3n) is 3.70. The molecule has 1 aliphatic heterocycles. The average Bonchev–Trinajstić information content (AvgIpc) is 2.88. The quantitative estimate of drug-likeness (QED) is 0.869. The lowest BCUT2D eigenvalue weighted by molar-refractivity contribution is 0.225. The molecule has 1 saturated heterocycles. The van der Waals surface area contributed by atoms with E-state index in [1.165, 1.54) is 11.3 Å². The number of rotatable bonds is 3. The molecule has 0 aromatic heterocycles. The van der Waals surface area contributed by atoms with Gasteiger partial charge < -0.3 is 15.4 Å². The second kappa shape index (κ2) is 5.45. The number of hydrogen-bond acceptors (Lipinski definition) is 3. The molecule has 104 valence electrons. The summed E-state index contributed by atoms with van der Waals surface area (Å²) in [7, 11) is 0. The lowest BCUT2D eigenvalue weighted by atomic mass is 10.2. The first-order valence-corrected chi connectivity index (χ1v) is 7.04. The van der Waals surface area contributed by atoms with Crippen LogP contribution < -0.4 is 15.4 Å². The zero-order valence-electron chi connectivity index (χ0n) is 11.8. The summed E-state index contributed by atoms with van der Waals surface area (Å²) in [6.45, 7) is 4.08. The van der Waals surface area contributed by atoms with Crippen LogP contribution in [0.2, 0.25) is 0 Å². The highest BCUT2D eigenvalue weighted by molar-refractivity contribution is 5.49. The van der Waals surface area contributed by atoms with Crippen molar-refractivity contribution in [3.05, 3.63) is 54.1 Å². The SMILES string of the molecule is Cc1ccc(N2CCC(Oc3cccc(N)c3)C2)cc1. The normalized spacial score (nSPS) is 18.2. The molecule has 0 radical (unpaired) electrons. The first-order chi connectivity index (χ1) is 9.70. The molecular weight excluding hydrogens is 248 g/mol. The molecule has 2 N–H and O–H groups in total. The average molecular weight is 268 g/mol. The van der Waals surface area contributed by atoms with Gasteiger partial charge in [-0.05, 0) is 31.2 Å². The van der Waals surface area contributed by atoms with Gasteiger partial charge in [-0.3, -0.25) is 0 Å². The van der Waals surface area contributed by atoms with Crippen LogP contribution in [0.25, 0.3) is 0 Å². The summed E-state index contributed by atoms with van der Waals surface area (Å²) in [6.07, 6.45) is 1.28. The zero-order chi connectivity index (χ0) is 13.9. The van der Waals surface area contributed by atoms with Gasteiger partial charge in [-0.25, -0.2) is 0 Å². The van der Waals surface area contributed by atoms with Crippen LogP contribution >= 0.6 is 0 Å². The number of aryl methyl sites for hydroxylation is 1. The minimum atomic E-state index is 0.234. The smallest absolute Gasteiger partial charge is 0.121 e. The summed E-state index contributed by atoms with van der Waals surface area (Å²) < 4.78 is 6.01. The Labute approximate surface area is 120 Å². The maximum atomic E-state index is 6.01. The largest absolute Gasteiger partial charge is 0.488 e. The number of benzene rings is 2. The van der Waals surface area contributed by atoms with Crippen LogP contribution in [0.3, 0.4) is 0 Å². The molecule has 2 aromatic carbocycles. The predicted octanol–water partition coefficient (Wildman–Crippen LogP) is 3.23. The summed E-state index contributed by atoms with van der Waals surface area (Å²) in [4.78, 5) is 2.37. The number of nitrogens with two attached hydrogens (primary N) is 1. The molecule has 1 unspecified atom stereocenters. The van der Waals surface area contributed by atoms with Crippen LogP contribution in [-0.2, 0) is 0 Å². The van der Waals surface area contributed by atoms with E-state index in [2.05, 4.69) is 36.1 Å². The van der Waals surface area contributed by atoms with Crippen LogP contribution in [0.15, 0.2) is 48.5 Å². The van der Waals surface area contributed by atoms with Gasteiger partial charge in [-0.2, -0.15) is 0 Å². The van der Waals surface area contributed by atoms with Crippen LogP contribution in [0, 0.1) is 6.92 Å². The van der Waals surface area contributed by atoms with Gasteiger partial charge in [-0.15, -0.1) is 0 Å². The van der Waals surface area contributed by atoms with Crippen LogP contribution in [-0.4, -0.2) is 19.2 Å². The molecule has 1 heterocycles. The number of nitrogen functional groups attached to an aromatic ring is 1. The highest BCUT2D eigenvalue weighted by Crippen LogP contribution is 2.24. The highest BCUT2D eigenvalue weighted by atomic mass is 16.5. The maximum absolute atomic E-state index is 6.01. The summed E-state index contributed by atoms with van der Waals surface area (Å²) in [6, 6.07) is 16.3. The Kier molecular flexibility index (Phi) is 3.50. The fraction of sp³-hybridized carbons (Fsp3) is 0.294. The first-order valence-electron chi connectivity index (χ1n) is 7.04. The number of ether oxygens (including phenoxy) is 1. The van der Waals surface area contributed by atoms with Crippen molar-refractivity contribution in [1.29, 1.82) is 0 Å². The molecule has 0 bridgehead atoms. The van der Waals surface area contributed by atoms with Gasteiger partial charge >= 0.3 is 0 Å². The van der Waals surface area contributed by atoms with E-state index in [0.717, 1.165) is 30.9 Å². The molecule has 20 heavy (non-hydrogen) atoms.